The molecule has 0 bridgehead atoms. The van der Waals surface area contributed by atoms with Crippen molar-refractivity contribution in [3.63, 3.8) is 0 Å². The highest BCUT2D eigenvalue weighted by Gasteiger charge is 1.84. The number of carbonyl (C=O) groups is 1. The van der Waals surface area contributed by atoms with E-state index in [1.54, 1.807) is 0 Å². The molecular formula is C6H9NO. The van der Waals surface area contributed by atoms with E-state index in [0.717, 1.165) is 0 Å². The summed E-state index contributed by atoms with van der Waals surface area (Å²) >= 11 is 0. The lowest BCUT2D eigenvalue weighted by Crippen LogP contribution is -2.20. The SMILES string of the molecule is C#CCCNC(C)=O. The van der Waals surface area contributed by atoms with Crippen molar-refractivity contribution in [3.05, 3.63) is 0 Å². The Balaban J connectivity index is 2.97. The van der Waals surface area contributed by atoms with E-state index in [9.17, 15) is 4.79 Å². The average molecular weight is 111 g/mol. The number of hydrogen-bond donors (Lipinski definition) is 1. The molecule has 0 saturated carbocycles. The van der Waals surface area contributed by atoms with Gasteiger partial charge in [0.05, 0.1) is 0 Å². The maximum atomic E-state index is 10.1. The van der Waals surface area contributed by atoms with Crippen molar-refractivity contribution in [3.8, 4) is 12.3 Å². The van der Waals surface area contributed by atoms with E-state index < -0.39 is 0 Å². The third-order valence-electron chi connectivity index (χ3n) is 0.643. The van der Waals surface area contributed by atoms with Crippen LogP contribution in [0.15, 0.2) is 0 Å². The monoisotopic (exact) mass is 111 g/mol. The third kappa shape index (κ3) is 5.03. The van der Waals surface area contributed by atoms with Gasteiger partial charge in [-0.15, -0.1) is 12.3 Å². The molecule has 2 heteroatoms. The fraction of sp³-hybridized carbons (Fsp3) is 0.500. The zero-order valence-corrected chi connectivity index (χ0v) is 4.90. The Kier molecular flexibility index (Phi) is 3.69. The first kappa shape index (κ1) is 7.03. The number of hydrogen-bond acceptors (Lipinski definition) is 1. The second-order valence-corrected chi connectivity index (χ2v) is 1.44. The molecule has 0 radical (unpaired) electrons. The molecule has 0 aromatic heterocycles. The fourth-order valence-corrected chi connectivity index (χ4v) is 0.311. The lowest BCUT2D eigenvalue weighted by Gasteiger charge is -1.93. The van der Waals surface area contributed by atoms with E-state index in [1.165, 1.54) is 6.92 Å². The second-order valence-electron chi connectivity index (χ2n) is 1.44. The molecule has 0 aromatic rings. The molecule has 0 aliphatic rings. The number of rotatable bonds is 2. The van der Waals surface area contributed by atoms with E-state index in [1.807, 2.05) is 0 Å². The zero-order valence-electron chi connectivity index (χ0n) is 4.90. The average Bonchev–Trinajstić information content (AvgIpc) is 1.66. The number of amides is 1. The zero-order chi connectivity index (χ0) is 6.41. The van der Waals surface area contributed by atoms with Crippen LogP contribution in [0.2, 0.25) is 0 Å². The van der Waals surface area contributed by atoms with Crippen molar-refractivity contribution >= 4 is 5.91 Å². The maximum absolute atomic E-state index is 10.1. The molecule has 2 nitrogen and oxygen atoms in total. The fourth-order valence-electron chi connectivity index (χ4n) is 0.311. The lowest BCUT2D eigenvalue weighted by atomic mass is 10.4. The minimum absolute atomic E-state index is 0.0275. The second kappa shape index (κ2) is 4.20. The largest absolute Gasteiger partial charge is 0.355 e. The van der Waals surface area contributed by atoms with Gasteiger partial charge >= 0.3 is 0 Å². The van der Waals surface area contributed by atoms with Gasteiger partial charge in [0.25, 0.3) is 0 Å². The van der Waals surface area contributed by atoms with E-state index in [2.05, 4.69) is 11.2 Å². The summed E-state index contributed by atoms with van der Waals surface area (Å²) in [6, 6.07) is 0. The molecule has 0 unspecified atom stereocenters. The summed E-state index contributed by atoms with van der Waals surface area (Å²) in [4.78, 5) is 10.1. The maximum Gasteiger partial charge on any atom is 0.216 e. The highest BCUT2D eigenvalue weighted by Crippen LogP contribution is 1.68. The van der Waals surface area contributed by atoms with Crippen molar-refractivity contribution in [2.24, 2.45) is 0 Å². The summed E-state index contributed by atoms with van der Waals surface area (Å²) in [6.07, 6.45) is 5.52. The van der Waals surface area contributed by atoms with Gasteiger partial charge < -0.3 is 5.32 Å². The van der Waals surface area contributed by atoms with E-state index >= 15 is 0 Å². The number of nitrogens with one attached hydrogen (secondary N) is 1. The molecule has 0 saturated heterocycles. The van der Waals surface area contributed by atoms with Gasteiger partial charge in [0.1, 0.15) is 0 Å². The minimum atomic E-state index is -0.0275. The third-order valence-corrected chi connectivity index (χ3v) is 0.643. The van der Waals surface area contributed by atoms with Crippen LogP contribution in [0.25, 0.3) is 0 Å². The van der Waals surface area contributed by atoms with Crippen LogP contribution in [0.4, 0.5) is 0 Å². The summed E-state index contributed by atoms with van der Waals surface area (Å²) in [6.45, 7) is 2.06. The molecule has 0 atom stereocenters. The summed E-state index contributed by atoms with van der Waals surface area (Å²) < 4.78 is 0. The topological polar surface area (TPSA) is 29.1 Å². The van der Waals surface area contributed by atoms with Crippen LogP contribution in [-0.4, -0.2) is 12.5 Å². The first-order chi connectivity index (χ1) is 3.77. The predicted octanol–water partition coefficient (Wildman–Crippen LogP) is 0.146. The Morgan fingerprint density at radius 2 is 2.50 bits per heavy atom. The van der Waals surface area contributed by atoms with E-state index in [0.29, 0.717) is 13.0 Å². The van der Waals surface area contributed by atoms with Crippen LogP contribution < -0.4 is 5.32 Å². The Hall–Kier alpha value is -0.970. The van der Waals surface area contributed by atoms with E-state index in [-0.39, 0.29) is 5.91 Å². The molecule has 0 heterocycles. The molecule has 8 heavy (non-hydrogen) atoms. The van der Waals surface area contributed by atoms with Crippen LogP contribution in [0.1, 0.15) is 13.3 Å². The van der Waals surface area contributed by atoms with Gasteiger partial charge in [0, 0.05) is 19.9 Å². The van der Waals surface area contributed by atoms with Crippen LogP contribution in [0.5, 0.6) is 0 Å². The number of carbonyl (C=O) groups excluding carboxylic acids is 1. The molecule has 1 amide bonds. The lowest BCUT2D eigenvalue weighted by molar-refractivity contribution is -0.118. The molecule has 0 aromatic carbocycles. The van der Waals surface area contributed by atoms with Gasteiger partial charge in [-0.2, -0.15) is 0 Å². The van der Waals surface area contributed by atoms with Gasteiger partial charge in [0.15, 0.2) is 0 Å². The molecular weight excluding hydrogens is 102 g/mol. The van der Waals surface area contributed by atoms with Gasteiger partial charge in [-0.3, -0.25) is 4.79 Å². The van der Waals surface area contributed by atoms with Crippen molar-refractivity contribution < 1.29 is 4.79 Å². The van der Waals surface area contributed by atoms with Crippen molar-refractivity contribution in [1.29, 1.82) is 0 Å². The summed E-state index contributed by atoms with van der Waals surface area (Å²) in [5, 5.41) is 2.56. The quantitative estimate of drug-likeness (QED) is 0.398. The highest BCUT2D eigenvalue weighted by atomic mass is 16.1. The normalized spacial score (nSPS) is 7.50. The first-order valence-electron chi connectivity index (χ1n) is 2.45. The van der Waals surface area contributed by atoms with Gasteiger partial charge in [-0.1, -0.05) is 0 Å². The summed E-state index contributed by atoms with van der Waals surface area (Å²) in [7, 11) is 0. The molecule has 1 N–H and O–H groups in total. The van der Waals surface area contributed by atoms with Crippen LogP contribution in [-0.2, 0) is 4.79 Å². The number of terminal acetylenes is 1. The Morgan fingerprint density at radius 1 is 1.88 bits per heavy atom. The van der Waals surface area contributed by atoms with Crippen molar-refractivity contribution in [1.82, 2.24) is 5.32 Å². The summed E-state index contributed by atoms with van der Waals surface area (Å²) in [5.41, 5.74) is 0. The van der Waals surface area contributed by atoms with Gasteiger partial charge in [0.2, 0.25) is 5.91 Å². The van der Waals surface area contributed by atoms with Crippen LogP contribution in [0.3, 0.4) is 0 Å². The van der Waals surface area contributed by atoms with E-state index in [4.69, 9.17) is 6.42 Å². The predicted molar refractivity (Wildman–Crippen MR) is 32.1 cm³/mol. The standard InChI is InChI=1S/C6H9NO/c1-3-4-5-7-6(2)8/h1H,4-5H2,2H3,(H,7,8). The molecule has 0 aliphatic carbocycles. The summed E-state index contributed by atoms with van der Waals surface area (Å²) in [5.74, 6) is 2.38. The van der Waals surface area contributed by atoms with Crippen molar-refractivity contribution in [2.75, 3.05) is 6.54 Å². The molecule has 0 fully saturated rings. The minimum Gasteiger partial charge on any atom is -0.355 e. The smallest absolute Gasteiger partial charge is 0.216 e. The molecule has 0 rings (SSSR count). The Bertz CT molecular complexity index is 112. The van der Waals surface area contributed by atoms with Crippen LogP contribution >= 0.6 is 0 Å². The van der Waals surface area contributed by atoms with Gasteiger partial charge in [-0.25, -0.2) is 0 Å². The van der Waals surface area contributed by atoms with Crippen LogP contribution in [0, 0.1) is 12.3 Å². The Morgan fingerprint density at radius 3 is 2.88 bits per heavy atom. The van der Waals surface area contributed by atoms with Gasteiger partial charge in [-0.05, 0) is 0 Å². The molecule has 44 valence electrons. The molecule has 0 spiro atoms. The first-order valence-corrected chi connectivity index (χ1v) is 2.45. The highest BCUT2D eigenvalue weighted by molar-refractivity contribution is 5.72. The van der Waals surface area contributed by atoms with Crippen molar-refractivity contribution in [2.45, 2.75) is 13.3 Å². The Labute approximate surface area is 49.3 Å². The molecule has 0 aliphatic heterocycles.